The number of ether oxygens (including phenoxy) is 1. The summed E-state index contributed by atoms with van der Waals surface area (Å²) in [5.74, 6) is 0.614. The van der Waals surface area contributed by atoms with Crippen LogP contribution in [-0.2, 0) is 11.2 Å². The van der Waals surface area contributed by atoms with Crippen molar-refractivity contribution in [1.29, 1.82) is 0 Å². The van der Waals surface area contributed by atoms with Gasteiger partial charge in [0.2, 0.25) is 5.91 Å². The quantitative estimate of drug-likeness (QED) is 0.663. The lowest BCUT2D eigenvalue weighted by Crippen LogP contribution is -2.23. The smallest absolute Gasteiger partial charge is 0.218 e. The molecule has 0 radical (unpaired) electrons. The summed E-state index contributed by atoms with van der Waals surface area (Å²) in [6.45, 7) is 2.10. The lowest BCUT2D eigenvalue weighted by atomic mass is 10.1. The highest BCUT2D eigenvalue weighted by molar-refractivity contribution is 5.73. The highest BCUT2D eigenvalue weighted by Crippen LogP contribution is 2.15. The van der Waals surface area contributed by atoms with Crippen LogP contribution in [0.4, 0.5) is 0 Å². The SMILES string of the molecule is NC(=O)CCNCCCOc1ccc(Cc2ccccc2)cc1. The van der Waals surface area contributed by atoms with Crippen LogP contribution in [0.2, 0.25) is 0 Å². The molecule has 4 nitrogen and oxygen atoms in total. The zero-order valence-electron chi connectivity index (χ0n) is 13.3. The fourth-order valence-corrected chi connectivity index (χ4v) is 2.26. The van der Waals surface area contributed by atoms with Gasteiger partial charge in [-0.25, -0.2) is 0 Å². The third kappa shape index (κ3) is 6.98. The molecule has 0 heterocycles. The third-order valence-corrected chi connectivity index (χ3v) is 3.49. The van der Waals surface area contributed by atoms with Crippen LogP contribution in [0.3, 0.4) is 0 Å². The molecule has 122 valence electrons. The van der Waals surface area contributed by atoms with E-state index >= 15 is 0 Å². The van der Waals surface area contributed by atoms with Gasteiger partial charge in [-0.2, -0.15) is 0 Å². The molecule has 1 amide bonds. The molecule has 0 fully saturated rings. The van der Waals surface area contributed by atoms with Crippen molar-refractivity contribution in [2.45, 2.75) is 19.3 Å². The van der Waals surface area contributed by atoms with Gasteiger partial charge in [-0.15, -0.1) is 0 Å². The normalized spacial score (nSPS) is 10.4. The molecule has 0 spiro atoms. The molecular weight excluding hydrogens is 288 g/mol. The van der Waals surface area contributed by atoms with Crippen molar-refractivity contribution in [2.75, 3.05) is 19.7 Å². The van der Waals surface area contributed by atoms with Crippen molar-refractivity contribution in [3.63, 3.8) is 0 Å². The number of nitrogens with two attached hydrogens (primary N) is 1. The van der Waals surface area contributed by atoms with Crippen molar-refractivity contribution in [2.24, 2.45) is 5.73 Å². The molecule has 0 aliphatic rings. The molecule has 2 aromatic carbocycles. The van der Waals surface area contributed by atoms with Gasteiger partial charge in [0, 0.05) is 13.0 Å². The molecule has 0 aromatic heterocycles. The van der Waals surface area contributed by atoms with Gasteiger partial charge in [-0.1, -0.05) is 42.5 Å². The number of amides is 1. The van der Waals surface area contributed by atoms with Crippen molar-refractivity contribution in [3.8, 4) is 5.75 Å². The van der Waals surface area contributed by atoms with Gasteiger partial charge >= 0.3 is 0 Å². The van der Waals surface area contributed by atoms with Crippen LogP contribution in [0.1, 0.15) is 24.0 Å². The van der Waals surface area contributed by atoms with Gasteiger partial charge in [0.1, 0.15) is 5.75 Å². The first-order valence-electron chi connectivity index (χ1n) is 7.99. The predicted molar refractivity (Wildman–Crippen MR) is 92.5 cm³/mol. The maximum atomic E-state index is 10.6. The van der Waals surface area contributed by atoms with Crippen molar-refractivity contribution >= 4 is 5.91 Å². The van der Waals surface area contributed by atoms with E-state index in [0.29, 0.717) is 19.6 Å². The van der Waals surface area contributed by atoms with Crippen LogP contribution < -0.4 is 15.8 Å². The summed E-state index contributed by atoms with van der Waals surface area (Å²) < 4.78 is 5.71. The fraction of sp³-hybridized carbons (Fsp3) is 0.316. The molecule has 0 aliphatic carbocycles. The van der Waals surface area contributed by atoms with Gasteiger partial charge < -0.3 is 15.8 Å². The van der Waals surface area contributed by atoms with E-state index in [4.69, 9.17) is 10.5 Å². The molecule has 0 bridgehead atoms. The maximum Gasteiger partial charge on any atom is 0.218 e. The second kappa shape index (κ2) is 9.64. The number of primary amides is 1. The first kappa shape index (κ1) is 17.0. The minimum absolute atomic E-state index is 0.274. The van der Waals surface area contributed by atoms with Crippen LogP contribution >= 0.6 is 0 Å². The van der Waals surface area contributed by atoms with Crippen LogP contribution in [-0.4, -0.2) is 25.6 Å². The predicted octanol–water partition coefficient (Wildman–Crippen LogP) is 2.51. The number of rotatable bonds is 10. The molecule has 2 aromatic rings. The van der Waals surface area contributed by atoms with Crippen molar-refractivity contribution in [3.05, 3.63) is 65.7 Å². The standard InChI is InChI=1S/C19H24N2O2/c20-19(22)11-13-21-12-4-14-23-18-9-7-17(8-10-18)15-16-5-2-1-3-6-16/h1-3,5-10,21H,4,11-15H2,(H2,20,22). The largest absolute Gasteiger partial charge is 0.494 e. The average molecular weight is 312 g/mol. The van der Waals surface area contributed by atoms with Crippen LogP contribution in [0.5, 0.6) is 5.75 Å². The van der Waals surface area contributed by atoms with E-state index < -0.39 is 0 Å². The van der Waals surface area contributed by atoms with Crippen LogP contribution in [0.15, 0.2) is 54.6 Å². The summed E-state index contributed by atoms with van der Waals surface area (Å²) in [5, 5.41) is 3.16. The second-order valence-corrected chi connectivity index (χ2v) is 5.47. The lowest BCUT2D eigenvalue weighted by molar-refractivity contribution is -0.117. The van der Waals surface area contributed by atoms with E-state index in [1.165, 1.54) is 11.1 Å². The van der Waals surface area contributed by atoms with Crippen molar-refractivity contribution in [1.82, 2.24) is 5.32 Å². The Labute approximate surface area is 137 Å². The summed E-state index contributed by atoms with van der Waals surface area (Å²) in [4.78, 5) is 10.6. The molecule has 0 atom stereocenters. The first-order valence-corrected chi connectivity index (χ1v) is 7.99. The van der Waals surface area contributed by atoms with Gasteiger partial charge in [0.25, 0.3) is 0 Å². The third-order valence-electron chi connectivity index (χ3n) is 3.49. The molecule has 2 rings (SSSR count). The fourth-order valence-electron chi connectivity index (χ4n) is 2.26. The Balaban J connectivity index is 1.64. The molecule has 23 heavy (non-hydrogen) atoms. The van der Waals surface area contributed by atoms with E-state index in [1.807, 2.05) is 18.2 Å². The highest BCUT2D eigenvalue weighted by atomic mass is 16.5. The highest BCUT2D eigenvalue weighted by Gasteiger charge is 1.98. The Hall–Kier alpha value is -2.33. The molecule has 4 heteroatoms. The summed E-state index contributed by atoms with van der Waals surface area (Å²) >= 11 is 0. The van der Waals surface area contributed by atoms with E-state index in [9.17, 15) is 4.79 Å². The van der Waals surface area contributed by atoms with Gasteiger partial charge in [-0.3, -0.25) is 4.79 Å². The van der Waals surface area contributed by atoms with E-state index in [0.717, 1.165) is 25.1 Å². The number of hydrogen-bond acceptors (Lipinski definition) is 3. The average Bonchev–Trinajstić information content (AvgIpc) is 2.56. The van der Waals surface area contributed by atoms with E-state index in [-0.39, 0.29) is 5.91 Å². The molecule has 3 N–H and O–H groups in total. The topological polar surface area (TPSA) is 64.4 Å². The van der Waals surface area contributed by atoms with Crippen LogP contribution in [0, 0.1) is 0 Å². The number of carbonyl (C=O) groups excluding carboxylic acids is 1. The minimum Gasteiger partial charge on any atom is -0.494 e. The Morgan fingerprint density at radius 1 is 0.957 bits per heavy atom. The lowest BCUT2D eigenvalue weighted by Gasteiger charge is -2.08. The summed E-state index contributed by atoms with van der Waals surface area (Å²) in [6, 6.07) is 18.7. The van der Waals surface area contributed by atoms with Gasteiger partial charge in [-0.05, 0) is 42.6 Å². The maximum absolute atomic E-state index is 10.6. The monoisotopic (exact) mass is 312 g/mol. The van der Waals surface area contributed by atoms with Gasteiger partial charge in [0.05, 0.1) is 6.61 Å². The zero-order valence-corrected chi connectivity index (χ0v) is 13.3. The minimum atomic E-state index is -0.274. The number of nitrogens with one attached hydrogen (secondary N) is 1. The summed E-state index contributed by atoms with van der Waals surface area (Å²) in [5.41, 5.74) is 7.65. The number of hydrogen-bond donors (Lipinski definition) is 2. The Morgan fingerprint density at radius 3 is 2.35 bits per heavy atom. The zero-order chi connectivity index (χ0) is 16.3. The van der Waals surface area contributed by atoms with E-state index in [2.05, 4.69) is 41.7 Å². The second-order valence-electron chi connectivity index (χ2n) is 5.47. The van der Waals surface area contributed by atoms with Crippen LogP contribution in [0.25, 0.3) is 0 Å². The summed E-state index contributed by atoms with van der Waals surface area (Å²) in [7, 11) is 0. The molecule has 0 saturated heterocycles. The Kier molecular flexibility index (Phi) is 7.14. The van der Waals surface area contributed by atoms with Gasteiger partial charge in [0.15, 0.2) is 0 Å². The molecule has 0 saturated carbocycles. The molecule has 0 aliphatic heterocycles. The Bertz CT molecular complexity index is 582. The first-order chi connectivity index (χ1) is 11.2. The van der Waals surface area contributed by atoms with Crippen molar-refractivity contribution < 1.29 is 9.53 Å². The van der Waals surface area contributed by atoms with E-state index in [1.54, 1.807) is 0 Å². The number of benzene rings is 2. The molecule has 0 unspecified atom stereocenters. The molecular formula is C19H24N2O2. The summed E-state index contributed by atoms with van der Waals surface area (Å²) in [6.07, 6.45) is 2.21. The number of carbonyl (C=O) groups is 1. The Morgan fingerprint density at radius 2 is 1.65 bits per heavy atom.